The molecular weight excluding hydrogens is 299 g/mol. The van der Waals surface area contributed by atoms with Crippen molar-refractivity contribution in [1.82, 2.24) is 0 Å². The molecular formula is C18H25FO4. The van der Waals surface area contributed by atoms with Crippen LogP contribution < -0.4 is 9.47 Å². The quantitative estimate of drug-likeness (QED) is 0.352. The van der Waals surface area contributed by atoms with Gasteiger partial charge in [0.05, 0.1) is 0 Å². The molecule has 0 aliphatic heterocycles. The molecule has 128 valence electrons. The highest BCUT2D eigenvalue weighted by molar-refractivity contribution is 5.76. The van der Waals surface area contributed by atoms with E-state index in [-0.39, 0.29) is 24.3 Å². The Labute approximate surface area is 137 Å². The second-order valence-electron chi connectivity index (χ2n) is 5.43. The Morgan fingerprint density at radius 2 is 1.48 bits per heavy atom. The first kappa shape index (κ1) is 19.1. The molecule has 23 heavy (non-hydrogen) atoms. The van der Waals surface area contributed by atoms with Crippen LogP contribution in [0.1, 0.15) is 65.2 Å². The van der Waals surface area contributed by atoms with Gasteiger partial charge in [0.25, 0.3) is 0 Å². The molecule has 0 aliphatic rings. The first-order valence-electron chi connectivity index (χ1n) is 8.28. The van der Waals surface area contributed by atoms with Crippen LogP contribution in [0, 0.1) is 5.82 Å². The molecule has 1 rings (SSSR count). The predicted molar refractivity (Wildman–Crippen MR) is 86.0 cm³/mol. The average molecular weight is 324 g/mol. The van der Waals surface area contributed by atoms with Crippen molar-refractivity contribution in [2.75, 3.05) is 0 Å². The number of esters is 2. The number of hydrogen-bond acceptors (Lipinski definition) is 4. The van der Waals surface area contributed by atoms with Crippen molar-refractivity contribution in [3.8, 4) is 11.5 Å². The maximum atomic E-state index is 13.9. The molecule has 0 saturated heterocycles. The van der Waals surface area contributed by atoms with Gasteiger partial charge >= 0.3 is 11.9 Å². The lowest BCUT2D eigenvalue weighted by Gasteiger charge is -2.11. The van der Waals surface area contributed by atoms with Crippen LogP contribution in [-0.4, -0.2) is 11.9 Å². The lowest BCUT2D eigenvalue weighted by Crippen LogP contribution is -2.13. The zero-order valence-corrected chi connectivity index (χ0v) is 13.9. The molecule has 0 amide bonds. The summed E-state index contributed by atoms with van der Waals surface area (Å²) >= 11 is 0. The average Bonchev–Trinajstić information content (AvgIpc) is 2.51. The van der Waals surface area contributed by atoms with E-state index in [0.717, 1.165) is 32.1 Å². The summed E-state index contributed by atoms with van der Waals surface area (Å²) in [5, 5.41) is 0. The van der Waals surface area contributed by atoms with Gasteiger partial charge in [-0.2, -0.15) is 0 Å². The highest BCUT2D eigenvalue weighted by Crippen LogP contribution is 2.31. The van der Waals surface area contributed by atoms with Gasteiger partial charge in [0.1, 0.15) is 0 Å². The lowest BCUT2D eigenvalue weighted by atomic mass is 10.2. The van der Waals surface area contributed by atoms with E-state index < -0.39 is 17.8 Å². The molecule has 0 unspecified atom stereocenters. The van der Waals surface area contributed by atoms with Crippen molar-refractivity contribution < 1.29 is 23.5 Å². The monoisotopic (exact) mass is 324 g/mol. The third-order valence-electron chi connectivity index (χ3n) is 3.34. The summed E-state index contributed by atoms with van der Waals surface area (Å²) in [5.74, 6) is -2.04. The molecule has 1 aromatic carbocycles. The first-order valence-corrected chi connectivity index (χ1v) is 8.28. The van der Waals surface area contributed by atoms with Crippen LogP contribution >= 0.6 is 0 Å². The van der Waals surface area contributed by atoms with Crippen LogP contribution in [0.3, 0.4) is 0 Å². The highest BCUT2D eigenvalue weighted by Gasteiger charge is 2.17. The van der Waals surface area contributed by atoms with E-state index in [1.54, 1.807) is 0 Å². The molecule has 5 heteroatoms. The molecule has 0 atom stereocenters. The summed E-state index contributed by atoms with van der Waals surface area (Å²) in [6.45, 7) is 4.06. The molecule has 0 aromatic heterocycles. The van der Waals surface area contributed by atoms with Crippen LogP contribution in [-0.2, 0) is 9.59 Å². The number of hydrogen-bond donors (Lipinski definition) is 0. The Bertz CT molecular complexity index is 514. The summed E-state index contributed by atoms with van der Waals surface area (Å²) in [4.78, 5) is 23.5. The van der Waals surface area contributed by atoms with Crippen molar-refractivity contribution >= 4 is 11.9 Å². The van der Waals surface area contributed by atoms with Crippen molar-refractivity contribution in [3.05, 3.63) is 24.0 Å². The summed E-state index contributed by atoms with van der Waals surface area (Å²) in [6, 6.07) is 4.01. The number of rotatable bonds is 10. The van der Waals surface area contributed by atoms with E-state index in [9.17, 15) is 14.0 Å². The van der Waals surface area contributed by atoms with Gasteiger partial charge in [0, 0.05) is 12.8 Å². The molecule has 4 nitrogen and oxygen atoms in total. The molecule has 0 saturated carbocycles. The molecule has 0 spiro atoms. The predicted octanol–water partition coefficient (Wildman–Crippen LogP) is 4.80. The number of unbranched alkanes of at least 4 members (excludes halogenated alkanes) is 4. The van der Waals surface area contributed by atoms with Crippen LogP contribution in [0.4, 0.5) is 4.39 Å². The number of carbonyl (C=O) groups excluding carboxylic acids is 2. The fraction of sp³-hybridized carbons (Fsp3) is 0.556. The molecule has 0 aliphatic carbocycles. The van der Waals surface area contributed by atoms with E-state index in [4.69, 9.17) is 9.47 Å². The third kappa shape index (κ3) is 7.26. The SMILES string of the molecule is CCCCCC(=O)Oc1cccc(F)c1OC(=O)CCCCC. The van der Waals surface area contributed by atoms with Gasteiger partial charge in [-0.15, -0.1) is 0 Å². The molecule has 0 heterocycles. The third-order valence-corrected chi connectivity index (χ3v) is 3.34. The van der Waals surface area contributed by atoms with E-state index >= 15 is 0 Å². The number of benzene rings is 1. The fourth-order valence-corrected chi connectivity index (χ4v) is 2.05. The zero-order valence-electron chi connectivity index (χ0n) is 13.9. The topological polar surface area (TPSA) is 52.6 Å². The fourth-order valence-electron chi connectivity index (χ4n) is 2.05. The van der Waals surface area contributed by atoms with E-state index in [0.29, 0.717) is 6.42 Å². The largest absolute Gasteiger partial charge is 0.422 e. The molecule has 0 fully saturated rings. The van der Waals surface area contributed by atoms with Gasteiger partial charge in [0.15, 0.2) is 11.6 Å². The summed E-state index contributed by atoms with van der Waals surface area (Å²) in [7, 11) is 0. The second kappa shape index (κ2) is 10.8. The summed E-state index contributed by atoms with van der Waals surface area (Å²) in [5.41, 5.74) is 0. The van der Waals surface area contributed by atoms with E-state index in [1.807, 2.05) is 13.8 Å². The highest BCUT2D eigenvalue weighted by atomic mass is 19.1. The number of halogens is 1. The van der Waals surface area contributed by atoms with Crippen molar-refractivity contribution in [3.63, 3.8) is 0 Å². The minimum absolute atomic E-state index is 0.0460. The van der Waals surface area contributed by atoms with E-state index in [1.165, 1.54) is 18.2 Å². The van der Waals surface area contributed by atoms with Gasteiger partial charge in [-0.1, -0.05) is 45.6 Å². The Morgan fingerprint density at radius 1 is 0.913 bits per heavy atom. The minimum Gasteiger partial charge on any atom is -0.422 e. The summed E-state index contributed by atoms with van der Waals surface area (Å²) < 4.78 is 24.1. The Hall–Kier alpha value is -1.91. The van der Waals surface area contributed by atoms with Gasteiger partial charge in [0.2, 0.25) is 5.75 Å². The molecule has 0 radical (unpaired) electrons. The van der Waals surface area contributed by atoms with Gasteiger partial charge in [-0.05, 0) is 25.0 Å². The van der Waals surface area contributed by atoms with Gasteiger partial charge < -0.3 is 9.47 Å². The Balaban J connectivity index is 2.67. The van der Waals surface area contributed by atoms with Crippen molar-refractivity contribution in [2.24, 2.45) is 0 Å². The second-order valence-corrected chi connectivity index (χ2v) is 5.43. The number of carbonyl (C=O) groups is 2. The first-order chi connectivity index (χ1) is 11.1. The van der Waals surface area contributed by atoms with Gasteiger partial charge in [-0.25, -0.2) is 4.39 Å². The zero-order chi connectivity index (χ0) is 17.1. The van der Waals surface area contributed by atoms with Crippen LogP contribution in [0.5, 0.6) is 11.5 Å². The maximum absolute atomic E-state index is 13.9. The normalized spacial score (nSPS) is 10.4. The Morgan fingerprint density at radius 3 is 2.04 bits per heavy atom. The number of ether oxygens (including phenoxy) is 2. The van der Waals surface area contributed by atoms with Crippen LogP contribution in [0.15, 0.2) is 18.2 Å². The number of para-hydroxylation sites is 1. The van der Waals surface area contributed by atoms with Crippen LogP contribution in [0.2, 0.25) is 0 Å². The minimum atomic E-state index is -0.715. The lowest BCUT2D eigenvalue weighted by molar-refractivity contribution is -0.137. The maximum Gasteiger partial charge on any atom is 0.311 e. The van der Waals surface area contributed by atoms with Crippen molar-refractivity contribution in [2.45, 2.75) is 65.2 Å². The van der Waals surface area contributed by atoms with Gasteiger partial charge in [-0.3, -0.25) is 9.59 Å². The molecule has 0 bridgehead atoms. The smallest absolute Gasteiger partial charge is 0.311 e. The standard InChI is InChI=1S/C18H25FO4/c1-3-5-7-12-16(20)22-15-11-9-10-14(19)18(15)23-17(21)13-8-6-4-2/h9-11H,3-8,12-13H2,1-2H3. The molecule has 0 N–H and O–H groups in total. The van der Waals surface area contributed by atoms with Crippen LogP contribution in [0.25, 0.3) is 0 Å². The summed E-state index contributed by atoms with van der Waals surface area (Å²) in [6.07, 6.45) is 5.69. The van der Waals surface area contributed by atoms with E-state index in [2.05, 4.69) is 0 Å². The Kier molecular flexibility index (Phi) is 8.95. The molecule has 1 aromatic rings. The van der Waals surface area contributed by atoms with Crippen molar-refractivity contribution in [1.29, 1.82) is 0 Å².